The molecule has 17 heavy (non-hydrogen) atoms. The molecule has 2 atom stereocenters. The average molecular weight is 317 g/mol. The van der Waals surface area contributed by atoms with Gasteiger partial charge in [0.25, 0.3) is 0 Å². The van der Waals surface area contributed by atoms with Crippen LogP contribution in [0.15, 0.2) is 15.9 Å². The third-order valence-electron chi connectivity index (χ3n) is 3.93. The molecule has 96 valence electrons. The molecule has 1 heterocycles. The Morgan fingerprint density at radius 1 is 1.53 bits per heavy atom. The number of rotatable bonds is 3. The topological polar surface area (TPSA) is 20.2 Å². The van der Waals surface area contributed by atoms with Gasteiger partial charge in [-0.2, -0.15) is 0 Å². The number of hydrogen-bond donors (Lipinski definition) is 1. The van der Waals surface area contributed by atoms with E-state index in [4.69, 9.17) is 0 Å². The Kier molecular flexibility index (Phi) is 4.32. The SMILES string of the molecule is CC(C)C1CCCC(O)(Cc2ccc(Br)s2)C1. The molecule has 2 unspecified atom stereocenters. The minimum atomic E-state index is -0.461. The van der Waals surface area contributed by atoms with Crippen molar-refractivity contribution in [3.05, 3.63) is 20.8 Å². The summed E-state index contributed by atoms with van der Waals surface area (Å²) >= 11 is 5.23. The molecule has 1 aliphatic carbocycles. The van der Waals surface area contributed by atoms with E-state index in [9.17, 15) is 5.11 Å². The lowest BCUT2D eigenvalue weighted by molar-refractivity contribution is -0.0233. The summed E-state index contributed by atoms with van der Waals surface area (Å²) in [5.41, 5.74) is -0.461. The van der Waals surface area contributed by atoms with E-state index in [1.165, 1.54) is 17.7 Å². The second kappa shape index (κ2) is 5.41. The van der Waals surface area contributed by atoms with Crippen molar-refractivity contribution in [2.45, 2.75) is 51.6 Å². The van der Waals surface area contributed by atoms with E-state index in [0.717, 1.165) is 23.0 Å². The van der Waals surface area contributed by atoms with Gasteiger partial charge >= 0.3 is 0 Å². The molecule has 0 radical (unpaired) electrons. The van der Waals surface area contributed by atoms with Gasteiger partial charge in [0.1, 0.15) is 0 Å². The van der Waals surface area contributed by atoms with Gasteiger partial charge in [-0.25, -0.2) is 0 Å². The van der Waals surface area contributed by atoms with Crippen LogP contribution in [0.5, 0.6) is 0 Å². The van der Waals surface area contributed by atoms with E-state index in [0.29, 0.717) is 11.8 Å². The molecule has 1 aromatic rings. The zero-order chi connectivity index (χ0) is 12.5. The lowest BCUT2D eigenvalue weighted by atomic mass is 9.72. The largest absolute Gasteiger partial charge is 0.390 e. The molecule has 1 nitrogen and oxygen atoms in total. The quantitative estimate of drug-likeness (QED) is 0.862. The van der Waals surface area contributed by atoms with Crippen molar-refractivity contribution in [1.29, 1.82) is 0 Å². The lowest BCUT2D eigenvalue weighted by Crippen LogP contribution is -2.38. The van der Waals surface area contributed by atoms with E-state index in [1.807, 2.05) is 0 Å². The highest BCUT2D eigenvalue weighted by Gasteiger charge is 2.35. The van der Waals surface area contributed by atoms with Crippen LogP contribution in [0.1, 0.15) is 44.4 Å². The van der Waals surface area contributed by atoms with E-state index in [2.05, 4.69) is 41.9 Å². The van der Waals surface area contributed by atoms with Gasteiger partial charge in [0.2, 0.25) is 0 Å². The third kappa shape index (κ3) is 3.55. The monoisotopic (exact) mass is 316 g/mol. The second-order valence-corrected chi connectivity index (χ2v) is 8.25. The van der Waals surface area contributed by atoms with Gasteiger partial charge in [0.05, 0.1) is 9.39 Å². The third-order valence-corrected chi connectivity index (χ3v) is 5.56. The molecule has 3 heteroatoms. The van der Waals surface area contributed by atoms with Crippen molar-refractivity contribution in [3.63, 3.8) is 0 Å². The van der Waals surface area contributed by atoms with Gasteiger partial charge in [0.15, 0.2) is 0 Å². The van der Waals surface area contributed by atoms with Crippen molar-refractivity contribution < 1.29 is 5.11 Å². The number of halogens is 1. The summed E-state index contributed by atoms with van der Waals surface area (Å²) in [4.78, 5) is 1.30. The maximum atomic E-state index is 10.7. The van der Waals surface area contributed by atoms with Crippen molar-refractivity contribution in [2.24, 2.45) is 11.8 Å². The standard InChI is InChI=1S/C14H21BrOS/c1-10(2)11-4-3-7-14(16,8-11)9-12-5-6-13(15)17-12/h5-6,10-11,16H,3-4,7-9H2,1-2H3. The fourth-order valence-corrected chi connectivity index (χ4v) is 4.51. The molecule has 0 aromatic carbocycles. The predicted molar refractivity (Wildman–Crippen MR) is 77.5 cm³/mol. The predicted octanol–water partition coefficient (Wildman–Crippen LogP) is 4.63. The van der Waals surface area contributed by atoms with Gasteiger partial charge < -0.3 is 5.11 Å². The molecule has 0 bridgehead atoms. The van der Waals surface area contributed by atoms with Crippen molar-refractivity contribution >= 4 is 27.3 Å². The van der Waals surface area contributed by atoms with E-state index in [-0.39, 0.29) is 0 Å². The normalized spacial score (nSPS) is 29.8. The first-order valence-electron chi connectivity index (χ1n) is 6.45. The molecular formula is C14H21BrOS. The van der Waals surface area contributed by atoms with Crippen LogP contribution in [0.3, 0.4) is 0 Å². The van der Waals surface area contributed by atoms with E-state index >= 15 is 0 Å². The molecule has 2 rings (SSSR count). The fraction of sp³-hybridized carbons (Fsp3) is 0.714. The van der Waals surface area contributed by atoms with Crippen molar-refractivity contribution in [1.82, 2.24) is 0 Å². The number of thiophene rings is 1. The molecule has 1 N–H and O–H groups in total. The summed E-state index contributed by atoms with van der Waals surface area (Å²) in [7, 11) is 0. The first-order chi connectivity index (χ1) is 7.98. The fourth-order valence-electron chi connectivity index (χ4n) is 2.89. The zero-order valence-electron chi connectivity index (χ0n) is 10.6. The minimum Gasteiger partial charge on any atom is -0.390 e. The molecular weight excluding hydrogens is 296 g/mol. The van der Waals surface area contributed by atoms with Crippen LogP contribution in [-0.2, 0) is 6.42 Å². The Balaban J connectivity index is 2.03. The van der Waals surface area contributed by atoms with Crippen LogP contribution in [0, 0.1) is 11.8 Å². The van der Waals surface area contributed by atoms with Crippen molar-refractivity contribution in [2.75, 3.05) is 0 Å². The number of aliphatic hydroxyl groups is 1. The Morgan fingerprint density at radius 3 is 2.88 bits per heavy atom. The van der Waals surface area contributed by atoms with Crippen LogP contribution in [-0.4, -0.2) is 10.7 Å². The maximum Gasteiger partial charge on any atom is 0.0701 e. The van der Waals surface area contributed by atoms with Crippen LogP contribution >= 0.6 is 27.3 Å². The Morgan fingerprint density at radius 2 is 2.29 bits per heavy atom. The van der Waals surface area contributed by atoms with Gasteiger partial charge in [0, 0.05) is 11.3 Å². The molecule has 0 spiro atoms. The maximum absolute atomic E-state index is 10.7. The summed E-state index contributed by atoms with van der Waals surface area (Å²) < 4.78 is 1.16. The molecule has 1 aromatic heterocycles. The molecule has 0 amide bonds. The Bertz CT molecular complexity index is 374. The van der Waals surface area contributed by atoms with E-state index < -0.39 is 5.60 Å². The smallest absolute Gasteiger partial charge is 0.0701 e. The minimum absolute atomic E-state index is 0.461. The first-order valence-corrected chi connectivity index (χ1v) is 8.06. The van der Waals surface area contributed by atoms with Gasteiger partial charge in [-0.1, -0.05) is 20.3 Å². The molecule has 0 aliphatic heterocycles. The molecule has 1 saturated carbocycles. The molecule has 1 fully saturated rings. The van der Waals surface area contributed by atoms with Crippen LogP contribution < -0.4 is 0 Å². The van der Waals surface area contributed by atoms with Crippen LogP contribution in [0.25, 0.3) is 0 Å². The highest BCUT2D eigenvalue weighted by atomic mass is 79.9. The first kappa shape index (κ1) is 13.6. The van der Waals surface area contributed by atoms with Gasteiger partial charge in [-0.15, -0.1) is 11.3 Å². The van der Waals surface area contributed by atoms with Crippen LogP contribution in [0.4, 0.5) is 0 Å². The van der Waals surface area contributed by atoms with Crippen LogP contribution in [0.2, 0.25) is 0 Å². The summed E-state index contributed by atoms with van der Waals surface area (Å²) in [5.74, 6) is 1.38. The summed E-state index contributed by atoms with van der Waals surface area (Å²) in [6.07, 6.45) is 5.22. The highest BCUT2D eigenvalue weighted by molar-refractivity contribution is 9.11. The van der Waals surface area contributed by atoms with Gasteiger partial charge in [-0.3, -0.25) is 0 Å². The zero-order valence-corrected chi connectivity index (χ0v) is 13.0. The summed E-state index contributed by atoms with van der Waals surface area (Å²) in [5, 5.41) is 10.7. The second-order valence-electron chi connectivity index (χ2n) is 5.71. The van der Waals surface area contributed by atoms with E-state index in [1.54, 1.807) is 11.3 Å². The lowest BCUT2D eigenvalue weighted by Gasteiger charge is -2.38. The van der Waals surface area contributed by atoms with Crippen molar-refractivity contribution in [3.8, 4) is 0 Å². The highest BCUT2D eigenvalue weighted by Crippen LogP contribution is 2.39. The number of hydrogen-bond acceptors (Lipinski definition) is 2. The summed E-state index contributed by atoms with van der Waals surface area (Å²) in [6.45, 7) is 4.55. The van der Waals surface area contributed by atoms with Gasteiger partial charge in [-0.05, 0) is 59.2 Å². The summed E-state index contributed by atoms with van der Waals surface area (Å²) in [6, 6.07) is 4.21. The Hall–Kier alpha value is 0.140. The molecule has 1 aliphatic rings. The average Bonchev–Trinajstić information content (AvgIpc) is 2.63. The Labute approximate surface area is 116 Å². The molecule has 0 saturated heterocycles.